The molecule has 0 saturated carbocycles. The molecule has 1 atom stereocenters. The van der Waals surface area contributed by atoms with Gasteiger partial charge in [0.05, 0.1) is 36.6 Å². The largest absolute Gasteiger partial charge is 0.497 e. The molecule has 0 bridgehead atoms. The molecule has 4 rings (SSSR count). The summed E-state index contributed by atoms with van der Waals surface area (Å²) in [7, 11) is 7.10. The van der Waals surface area contributed by atoms with Gasteiger partial charge in [0, 0.05) is 25.3 Å². The predicted octanol–water partition coefficient (Wildman–Crippen LogP) is 3.66. The Morgan fingerprint density at radius 2 is 1.84 bits per heavy atom. The van der Waals surface area contributed by atoms with Crippen molar-refractivity contribution in [3.63, 3.8) is 0 Å². The van der Waals surface area contributed by atoms with E-state index in [-0.39, 0.29) is 12.2 Å². The number of rotatable bonds is 9. The Morgan fingerprint density at radius 1 is 1.11 bits per heavy atom. The first kappa shape index (κ1) is 27.2. The Labute approximate surface area is 226 Å². The van der Waals surface area contributed by atoms with E-state index in [4.69, 9.17) is 19.2 Å². The molecule has 0 radical (unpaired) electrons. The van der Waals surface area contributed by atoms with Gasteiger partial charge in [-0.25, -0.2) is 9.79 Å². The normalized spacial score (nSPS) is 15.1. The first-order chi connectivity index (χ1) is 18.3. The molecule has 9 heteroatoms. The van der Waals surface area contributed by atoms with E-state index in [9.17, 15) is 9.59 Å². The van der Waals surface area contributed by atoms with Crippen LogP contribution in [0.5, 0.6) is 11.5 Å². The summed E-state index contributed by atoms with van der Waals surface area (Å²) in [6.45, 7) is 3.99. The molecule has 0 amide bonds. The molecule has 0 N–H and O–H groups in total. The van der Waals surface area contributed by atoms with Crippen LogP contribution in [-0.4, -0.2) is 45.5 Å². The SMILES string of the molecule is CCCC1=C(C(=O)OCC)C(c2cc(OC)ccc2OC)n2c(sc(=Cc3ccc(N(C)C)cc3)c2=O)=N1. The minimum Gasteiger partial charge on any atom is -0.497 e. The van der Waals surface area contributed by atoms with Crippen LogP contribution in [-0.2, 0) is 9.53 Å². The maximum atomic E-state index is 13.9. The molecule has 1 aliphatic rings. The lowest BCUT2D eigenvalue weighted by molar-refractivity contribution is -0.139. The summed E-state index contributed by atoms with van der Waals surface area (Å²) in [6, 6.07) is 12.5. The van der Waals surface area contributed by atoms with Gasteiger partial charge in [-0.3, -0.25) is 9.36 Å². The summed E-state index contributed by atoms with van der Waals surface area (Å²) in [5.74, 6) is 0.619. The lowest BCUT2D eigenvalue weighted by Crippen LogP contribution is -2.40. The number of methoxy groups -OCH3 is 2. The van der Waals surface area contributed by atoms with Gasteiger partial charge in [0.2, 0.25) is 0 Å². The van der Waals surface area contributed by atoms with Crippen LogP contribution >= 0.6 is 11.3 Å². The highest BCUT2D eigenvalue weighted by molar-refractivity contribution is 7.07. The average Bonchev–Trinajstić information content (AvgIpc) is 3.22. The van der Waals surface area contributed by atoms with Gasteiger partial charge in [0.15, 0.2) is 4.80 Å². The number of hydrogen-bond donors (Lipinski definition) is 0. The number of fused-ring (bicyclic) bond motifs is 1. The minimum atomic E-state index is -0.782. The van der Waals surface area contributed by atoms with E-state index in [1.807, 2.05) is 56.3 Å². The molecule has 1 unspecified atom stereocenters. The van der Waals surface area contributed by atoms with E-state index < -0.39 is 12.0 Å². The van der Waals surface area contributed by atoms with E-state index in [1.54, 1.807) is 43.9 Å². The Hall–Kier alpha value is -3.85. The second-order valence-corrected chi connectivity index (χ2v) is 10.0. The third kappa shape index (κ3) is 5.24. The van der Waals surface area contributed by atoms with Gasteiger partial charge in [-0.1, -0.05) is 36.8 Å². The molecule has 1 aromatic heterocycles. The van der Waals surface area contributed by atoms with Crippen LogP contribution in [0.4, 0.5) is 5.69 Å². The number of hydrogen-bond acceptors (Lipinski definition) is 8. The lowest BCUT2D eigenvalue weighted by Gasteiger charge is -2.27. The molecule has 0 saturated heterocycles. The molecule has 0 fully saturated rings. The van der Waals surface area contributed by atoms with Crippen molar-refractivity contribution >= 4 is 29.1 Å². The fraction of sp³-hybridized carbons (Fsp3) is 0.345. The molecule has 1 aliphatic heterocycles. The number of esters is 1. The van der Waals surface area contributed by atoms with E-state index in [1.165, 1.54) is 11.3 Å². The van der Waals surface area contributed by atoms with E-state index in [0.29, 0.717) is 44.1 Å². The molecular formula is C29H33N3O5S. The summed E-state index contributed by atoms with van der Waals surface area (Å²) < 4.78 is 18.7. The lowest BCUT2D eigenvalue weighted by atomic mass is 9.93. The summed E-state index contributed by atoms with van der Waals surface area (Å²) in [5.41, 5.74) is 3.31. The maximum absolute atomic E-state index is 13.9. The standard InChI is InChI=1S/C29H33N3O5S/c1-7-9-22-25(28(34)37-8-2)26(21-17-20(35-5)14-15-23(21)36-6)32-27(33)24(38-29(32)30-22)16-18-10-12-19(13-11-18)31(3)4/h10-17,26H,7-9H2,1-6H3. The van der Waals surface area contributed by atoms with Crippen molar-refractivity contribution in [2.45, 2.75) is 32.7 Å². The summed E-state index contributed by atoms with van der Waals surface area (Å²) >= 11 is 1.31. The van der Waals surface area contributed by atoms with Crippen molar-refractivity contribution < 1.29 is 19.0 Å². The quantitative estimate of drug-likeness (QED) is 0.389. The Bertz CT molecular complexity index is 1530. The second kappa shape index (κ2) is 11.7. The maximum Gasteiger partial charge on any atom is 0.338 e. The molecule has 0 spiro atoms. The number of ether oxygens (including phenoxy) is 3. The number of thiazole rings is 1. The van der Waals surface area contributed by atoms with Gasteiger partial charge >= 0.3 is 5.97 Å². The number of aromatic nitrogens is 1. The zero-order valence-electron chi connectivity index (χ0n) is 22.6. The van der Waals surface area contributed by atoms with Crippen LogP contribution in [0.2, 0.25) is 0 Å². The second-order valence-electron chi connectivity index (χ2n) is 9.01. The van der Waals surface area contributed by atoms with Crippen LogP contribution < -0.4 is 29.3 Å². The predicted molar refractivity (Wildman–Crippen MR) is 150 cm³/mol. The van der Waals surface area contributed by atoms with Crippen molar-refractivity contribution in [1.29, 1.82) is 0 Å². The molecule has 200 valence electrons. The highest BCUT2D eigenvalue weighted by Gasteiger charge is 2.36. The van der Waals surface area contributed by atoms with Crippen LogP contribution in [0.15, 0.2) is 63.5 Å². The number of nitrogens with zero attached hydrogens (tertiary/aromatic N) is 3. The van der Waals surface area contributed by atoms with Gasteiger partial charge in [-0.05, 0) is 55.3 Å². The van der Waals surface area contributed by atoms with Crippen LogP contribution in [0.3, 0.4) is 0 Å². The molecule has 0 aliphatic carbocycles. The van der Waals surface area contributed by atoms with Crippen molar-refractivity contribution in [3.05, 3.63) is 84.5 Å². The third-order valence-electron chi connectivity index (χ3n) is 6.33. The smallest absolute Gasteiger partial charge is 0.338 e. The van der Waals surface area contributed by atoms with Crippen molar-refractivity contribution in [2.24, 2.45) is 4.99 Å². The summed E-state index contributed by atoms with van der Waals surface area (Å²) in [5, 5.41) is 0. The number of allylic oxidation sites excluding steroid dienone is 1. The van der Waals surface area contributed by atoms with Crippen LogP contribution in [0.1, 0.15) is 43.9 Å². The molecule has 8 nitrogen and oxygen atoms in total. The van der Waals surface area contributed by atoms with Crippen molar-refractivity contribution in [3.8, 4) is 11.5 Å². The molecule has 2 heterocycles. The highest BCUT2D eigenvalue weighted by Crippen LogP contribution is 2.38. The van der Waals surface area contributed by atoms with Gasteiger partial charge in [0.1, 0.15) is 17.5 Å². The number of carbonyl (C=O) groups excluding carboxylic acids is 1. The van der Waals surface area contributed by atoms with Crippen LogP contribution in [0.25, 0.3) is 6.08 Å². The fourth-order valence-electron chi connectivity index (χ4n) is 4.49. The van der Waals surface area contributed by atoms with Crippen molar-refractivity contribution in [1.82, 2.24) is 4.57 Å². The van der Waals surface area contributed by atoms with Gasteiger partial charge < -0.3 is 19.1 Å². The van der Waals surface area contributed by atoms with E-state index in [2.05, 4.69) is 0 Å². The average molecular weight is 536 g/mol. The molecule has 3 aromatic rings. The third-order valence-corrected chi connectivity index (χ3v) is 7.31. The number of carbonyl (C=O) groups is 1. The first-order valence-electron chi connectivity index (χ1n) is 12.5. The Morgan fingerprint density at radius 3 is 2.45 bits per heavy atom. The zero-order valence-corrected chi connectivity index (χ0v) is 23.4. The van der Waals surface area contributed by atoms with Gasteiger partial charge in [0.25, 0.3) is 5.56 Å². The number of anilines is 1. The Kier molecular flexibility index (Phi) is 8.36. The van der Waals surface area contributed by atoms with Gasteiger partial charge in [-0.15, -0.1) is 0 Å². The van der Waals surface area contributed by atoms with Gasteiger partial charge in [-0.2, -0.15) is 0 Å². The zero-order chi connectivity index (χ0) is 27.4. The summed E-state index contributed by atoms with van der Waals surface area (Å²) in [4.78, 5) is 34.7. The summed E-state index contributed by atoms with van der Waals surface area (Å²) in [6.07, 6.45) is 3.20. The highest BCUT2D eigenvalue weighted by atomic mass is 32.1. The molecule has 38 heavy (non-hydrogen) atoms. The van der Waals surface area contributed by atoms with E-state index >= 15 is 0 Å². The van der Waals surface area contributed by atoms with Crippen molar-refractivity contribution in [2.75, 3.05) is 39.8 Å². The van der Waals surface area contributed by atoms with E-state index in [0.717, 1.165) is 17.7 Å². The fourth-order valence-corrected chi connectivity index (χ4v) is 5.51. The molecule has 2 aromatic carbocycles. The first-order valence-corrected chi connectivity index (χ1v) is 13.4. The Balaban J connectivity index is 2.01. The molecular weight excluding hydrogens is 502 g/mol. The minimum absolute atomic E-state index is 0.205. The monoisotopic (exact) mass is 535 g/mol. The van der Waals surface area contributed by atoms with Crippen LogP contribution in [0, 0.1) is 0 Å². The number of benzene rings is 2. The topological polar surface area (TPSA) is 82.4 Å².